The predicted octanol–water partition coefficient (Wildman–Crippen LogP) is 7.57. The molecule has 1 saturated carbocycles. The van der Waals surface area contributed by atoms with Gasteiger partial charge >= 0.3 is 6.18 Å². The molecule has 1 aliphatic carbocycles. The van der Waals surface area contributed by atoms with Gasteiger partial charge in [0, 0.05) is 25.6 Å². The van der Waals surface area contributed by atoms with Gasteiger partial charge in [0.05, 0.1) is 20.5 Å². The molecule has 1 fully saturated rings. The number of rotatable bonds is 11. The first-order chi connectivity index (χ1) is 22.7. The van der Waals surface area contributed by atoms with Crippen molar-refractivity contribution in [2.24, 2.45) is 13.0 Å². The molecule has 48 heavy (non-hydrogen) atoms. The molecule has 5 rings (SSSR count). The van der Waals surface area contributed by atoms with E-state index in [4.69, 9.17) is 16.3 Å². The summed E-state index contributed by atoms with van der Waals surface area (Å²) >= 11 is 6.91. The number of halogens is 8. The number of nitrogens with one attached hydrogen (secondary N) is 3. The van der Waals surface area contributed by atoms with E-state index in [-0.39, 0.29) is 54.9 Å². The van der Waals surface area contributed by atoms with E-state index in [1.807, 2.05) is 0 Å². The summed E-state index contributed by atoms with van der Waals surface area (Å²) in [6.07, 6.45) is -9.20. The first-order valence-electron chi connectivity index (χ1n) is 14.6. The third-order valence-electron chi connectivity index (χ3n) is 7.75. The number of aryl methyl sites for hydroxylation is 1. The second-order valence-electron chi connectivity index (χ2n) is 11.1. The van der Waals surface area contributed by atoms with E-state index in [1.54, 1.807) is 6.07 Å². The number of amides is 2. The smallest absolute Gasteiger partial charge is 0.418 e. The standard InChI is InChI=1S/C30H28ClF7N6O3S/c1-44-25-20(11-17(28(43-25)47-13-23(32)33)26(45)40-16-5-3-15(4-6-16)24(34)35)42-29(44)41-19-10-14(2-7-18(19)30(36,37)38)12-39-27(46)21-8-9-22(31)48-21/h2,7-11,15-16,23-24H,3-6,12-13H2,1H3,(H,39,46)(H,40,45)(H,41,42)/t15-,16-. The molecule has 9 nitrogen and oxygen atoms in total. The molecule has 3 N–H and O–H groups in total. The summed E-state index contributed by atoms with van der Waals surface area (Å²) in [5.74, 6) is -2.60. The molecule has 0 unspecified atom stereocenters. The van der Waals surface area contributed by atoms with Crippen molar-refractivity contribution in [2.45, 2.75) is 57.3 Å². The molecule has 0 bridgehead atoms. The molecule has 0 spiro atoms. The minimum atomic E-state index is -4.78. The Hall–Kier alpha value is -4.12. The number of carbonyl (C=O) groups is 2. The van der Waals surface area contributed by atoms with Crippen LogP contribution in [-0.2, 0) is 19.8 Å². The van der Waals surface area contributed by atoms with Crippen LogP contribution in [0.4, 0.5) is 42.4 Å². The maximum absolute atomic E-state index is 14.0. The fourth-order valence-electron chi connectivity index (χ4n) is 5.28. The maximum Gasteiger partial charge on any atom is 0.418 e. The van der Waals surface area contributed by atoms with Gasteiger partial charge < -0.3 is 20.7 Å². The largest absolute Gasteiger partial charge is 0.471 e. The minimum absolute atomic E-state index is 0.00217. The number of benzene rings is 1. The Labute approximate surface area is 277 Å². The molecule has 0 radical (unpaired) electrons. The van der Waals surface area contributed by atoms with Crippen LogP contribution in [0.25, 0.3) is 11.2 Å². The summed E-state index contributed by atoms with van der Waals surface area (Å²) in [6, 6.07) is 7.07. The number of pyridine rings is 1. The van der Waals surface area contributed by atoms with E-state index in [0.29, 0.717) is 14.8 Å². The highest BCUT2D eigenvalue weighted by Crippen LogP contribution is 2.37. The summed E-state index contributed by atoms with van der Waals surface area (Å²) < 4.78 is 101. The molecule has 0 atom stereocenters. The Morgan fingerprint density at radius 2 is 1.77 bits per heavy atom. The summed E-state index contributed by atoms with van der Waals surface area (Å²) in [4.78, 5) is 34.5. The van der Waals surface area contributed by atoms with Crippen molar-refractivity contribution < 1.29 is 45.1 Å². The average molecular weight is 721 g/mol. The lowest BCUT2D eigenvalue weighted by molar-refractivity contribution is -0.136. The van der Waals surface area contributed by atoms with Crippen molar-refractivity contribution in [3.8, 4) is 5.88 Å². The number of hydrogen-bond acceptors (Lipinski definition) is 7. The molecule has 2 amide bonds. The lowest BCUT2D eigenvalue weighted by Crippen LogP contribution is -2.38. The molecule has 258 valence electrons. The molecule has 18 heteroatoms. The Balaban J connectivity index is 1.42. The van der Waals surface area contributed by atoms with Crippen LogP contribution < -0.4 is 20.7 Å². The molecular formula is C30H28ClF7N6O3S. The number of alkyl halides is 7. The van der Waals surface area contributed by atoms with Gasteiger partial charge in [-0.2, -0.15) is 18.2 Å². The Morgan fingerprint density at radius 1 is 1.04 bits per heavy atom. The molecule has 4 aromatic rings. The Bertz CT molecular complexity index is 1790. The second kappa shape index (κ2) is 14.6. The molecule has 3 heterocycles. The third kappa shape index (κ3) is 8.29. The normalized spacial score (nSPS) is 16.8. The van der Waals surface area contributed by atoms with Gasteiger partial charge in [-0.1, -0.05) is 17.7 Å². The quantitative estimate of drug-likeness (QED) is 0.138. The zero-order valence-corrected chi connectivity index (χ0v) is 26.6. The number of anilines is 2. The van der Waals surface area contributed by atoms with Gasteiger partial charge in [0.15, 0.2) is 12.3 Å². The van der Waals surface area contributed by atoms with Gasteiger partial charge in [0.25, 0.3) is 18.2 Å². The van der Waals surface area contributed by atoms with Gasteiger partial charge in [-0.3, -0.25) is 14.2 Å². The molecular weight excluding hydrogens is 693 g/mol. The number of carbonyl (C=O) groups excluding carboxylic acids is 2. The topological polar surface area (TPSA) is 110 Å². The fourth-order valence-corrected chi connectivity index (χ4v) is 6.24. The van der Waals surface area contributed by atoms with Crippen LogP contribution in [-0.4, -0.2) is 51.8 Å². The predicted molar refractivity (Wildman–Crippen MR) is 164 cm³/mol. The fraction of sp³-hybridized carbons (Fsp3) is 0.400. The van der Waals surface area contributed by atoms with Crippen molar-refractivity contribution in [1.29, 1.82) is 0 Å². The van der Waals surface area contributed by atoms with Gasteiger partial charge in [0.2, 0.25) is 18.3 Å². The lowest BCUT2D eigenvalue weighted by Gasteiger charge is -2.28. The zero-order valence-electron chi connectivity index (χ0n) is 25.0. The first kappa shape index (κ1) is 35.2. The molecule has 0 aliphatic heterocycles. The van der Waals surface area contributed by atoms with Crippen molar-refractivity contribution in [3.05, 3.63) is 62.3 Å². The molecule has 1 aliphatic rings. The van der Waals surface area contributed by atoms with Gasteiger partial charge in [-0.05, 0) is 61.6 Å². The van der Waals surface area contributed by atoms with Crippen LogP contribution in [0.15, 0.2) is 36.4 Å². The number of nitrogens with zero attached hydrogens (tertiary/aromatic N) is 3. The summed E-state index contributed by atoms with van der Waals surface area (Å²) in [5, 5.41) is 7.97. The van der Waals surface area contributed by atoms with E-state index >= 15 is 0 Å². The number of fused-ring (bicyclic) bond motifs is 1. The monoisotopic (exact) mass is 720 g/mol. The Morgan fingerprint density at radius 3 is 2.40 bits per heavy atom. The van der Waals surface area contributed by atoms with E-state index < -0.39 is 66.5 Å². The minimum Gasteiger partial charge on any atom is -0.471 e. The van der Waals surface area contributed by atoms with Crippen LogP contribution in [0.1, 0.15) is 56.8 Å². The van der Waals surface area contributed by atoms with E-state index in [2.05, 4.69) is 25.9 Å². The molecule has 3 aromatic heterocycles. The number of ether oxygens (including phenoxy) is 1. The van der Waals surface area contributed by atoms with E-state index in [9.17, 15) is 40.3 Å². The van der Waals surface area contributed by atoms with Gasteiger partial charge in [-0.15, -0.1) is 11.3 Å². The SMILES string of the molecule is Cn1c(Nc2cc(CNC(=O)c3ccc(Cl)s3)ccc2C(F)(F)F)nc2cc(C(=O)N[C@H]3CC[C@H](C(F)F)CC3)c(OCC(F)F)nc21. The maximum atomic E-state index is 14.0. The highest BCUT2D eigenvalue weighted by atomic mass is 35.5. The van der Waals surface area contributed by atoms with Crippen molar-refractivity contribution in [2.75, 3.05) is 11.9 Å². The van der Waals surface area contributed by atoms with Crippen LogP contribution in [0, 0.1) is 5.92 Å². The van der Waals surface area contributed by atoms with Crippen LogP contribution in [0.2, 0.25) is 4.34 Å². The van der Waals surface area contributed by atoms with E-state index in [0.717, 1.165) is 17.4 Å². The lowest BCUT2D eigenvalue weighted by atomic mass is 9.86. The molecule has 0 saturated heterocycles. The number of hydrogen-bond donors (Lipinski definition) is 3. The van der Waals surface area contributed by atoms with Crippen molar-refractivity contribution in [1.82, 2.24) is 25.2 Å². The number of aromatic nitrogens is 3. The van der Waals surface area contributed by atoms with Crippen LogP contribution in [0.5, 0.6) is 5.88 Å². The van der Waals surface area contributed by atoms with Crippen LogP contribution >= 0.6 is 22.9 Å². The third-order valence-corrected chi connectivity index (χ3v) is 8.98. The van der Waals surface area contributed by atoms with Crippen molar-refractivity contribution in [3.63, 3.8) is 0 Å². The molecule has 1 aromatic carbocycles. The zero-order chi connectivity index (χ0) is 34.7. The average Bonchev–Trinajstić information content (AvgIpc) is 3.60. The first-order valence-corrected chi connectivity index (χ1v) is 15.8. The summed E-state index contributed by atoms with van der Waals surface area (Å²) in [7, 11) is 1.41. The summed E-state index contributed by atoms with van der Waals surface area (Å²) in [5.41, 5.74) is -1.35. The number of imidazole rings is 1. The number of thiophene rings is 1. The Kier molecular flexibility index (Phi) is 10.7. The summed E-state index contributed by atoms with van der Waals surface area (Å²) in [6.45, 7) is -1.21. The van der Waals surface area contributed by atoms with Gasteiger partial charge in [-0.25, -0.2) is 22.5 Å². The van der Waals surface area contributed by atoms with Crippen molar-refractivity contribution >= 4 is 57.6 Å². The highest BCUT2D eigenvalue weighted by molar-refractivity contribution is 7.18. The van der Waals surface area contributed by atoms with Gasteiger partial charge in [0.1, 0.15) is 11.1 Å². The van der Waals surface area contributed by atoms with E-state index in [1.165, 1.54) is 35.9 Å². The highest BCUT2D eigenvalue weighted by Gasteiger charge is 2.34. The van der Waals surface area contributed by atoms with Crippen LogP contribution in [0.3, 0.4) is 0 Å². The second-order valence-corrected chi connectivity index (χ2v) is 12.8.